The van der Waals surface area contributed by atoms with Crippen LogP contribution < -0.4 is 14.8 Å². The molecule has 0 saturated carbocycles. The summed E-state index contributed by atoms with van der Waals surface area (Å²) in [4.78, 5) is 39.6. The third-order valence-electron chi connectivity index (χ3n) is 5.80. The van der Waals surface area contributed by atoms with Crippen molar-refractivity contribution in [2.45, 2.75) is 38.6 Å². The Balaban J connectivity index is 1.53. The fourth-order valence-corrected chi connectivity index (χ4v) is 3.81. The van der Waals surface area contributed by atoms with Crippen LogP contribution in [0.4, 0.5) is 4.79 Å². The van der Waals surface area contributed by atoms with Crippen molar-refractivity contribution in [3.05, 3.63) is 59.2 Å². The second kappa shape index (κ2) is 8.06. The minimum atomic E-state index is -1.21. The number of benzene rings is 2. The molecule has 162 valence electrons. The van der Waals surface area contributed by atoms with Crippen molar-refractivity contribution in [1.29, 1.82) is 0 Å². The van der Waals surface area contributed by atoms with Crippen molar-refractivity contribution < 1.29 is 23.9 Å². The number of carbonyl (C=O) groups excluding carboxylic acids is 3. The van der Waals surface area contributed by atoms with Crippen LogP contribution in [-0.2, 0) is 10.3 Å². The molecule has 0 unspecified atom stereocenters. The molecule has 0 spiro atoms. The van der Waals surface area contributed by atoms with Gasteiger partial charge in [0.15, 0.2) is 17.3 Å². The number of Topliss-reactive ketones (excluding diaryl/α,β-unsaturated/α-hetero) is 1. The molecule has 2 aliphatic rings. The summed E-state index contributed by atoms with van der Waals surface area (Å²) in [5.41, 5.74) is 0.975. The van der Waals surface area contributed by atoms with Crippen molar-refractivity contribution in [2.75, 3.05) is 19.8 Å². The molecule has 7 heteroatoms. The van der Waals surface area contributed by atoms with Gasteiger partial charge >= 0.3 is 6.03 Å². The predicted molar refractivity (Wildman–Crippen MR) is 115 cm³/mol. The quantitative estimate of drug-likeness (QED) is 0.588. The van der Waals surface area contributed by atoms with Gasteiger partial charge in [-0.15, -0.1) is 0 Å². The fourth-order valence-electron chi connectivity index (χ4n) is 3.81. The Hall–Kier alpha value is -3.35. The van der Waals surface area contributed by atoms with E-state index in [9.17, 15) is 14.4 Å². The Morgan fingerprint density at radius 2 is 1.74 bits per heavy atom. The SMILES string of the molecule is CC(C)c1ccc([C@]2(C)NC(=O)N(CC(=O)c3ccc4c(c3)OCCCO4)C2=O)cc1. The number of amides is 3. The van der Waals surface area contributed by atoms with E-state index in [1.54, 1.807) is 25.1 Å². The van der Waals surface area contributed by atoms with Crippen molar-refractivity contribution in [1.82, 2.24) is 10.2 Å². The van der Waals surface area contributed by atoms with E-state index >= 15 is 0 Å². The van der Waals surface area contributed by atoms with Crippen LogP contribution in [0.3, 0.4) is 0 Å². The number of imide groups is 1. The molecule has 1 N–H and O–H groups in total. The number of nitrogens with zero attached hydrogens (tertiary/aromatic N) is 1. The van der Waals surface area contributed by atoms with E-state index < -0.39 is 17.5 Å². The molecule has 2 aromatic carbocycles. The van der Waals surface area contributed by atoms with Gasteiger partial charge < -0.3 is 14.8 Å². The van der Waals surface area contributed by atoms with Gasteiger partial charge in [0, 0.05) is 12.0 Å². The second-order valence-electron chi connectivity index (χ2n) is 8.36. The van der Waals surface area contributed by atoms with Crippen LogP contribution in [0.15, 0.2) is 42.5 Å². The van der Waals surface area contributed by atoms with E-state index in [-0.39, 0.29) is 12.3 Å². The molecule has 3 amide bonds. The first kappa shape index (κ1) is 20.9. The summed E-state index contributed by atoms with van der Waals surface area (Å²) < 4.78 is 11.2. The molecule has 0 aromatic heterocycles. The smallest absolute Gasteiger partial charge is 0.325 e. The zero-order valence-corrected chi connectivity index (χ0v) is 17.9. The normalized spacial score (nSPS) is 20.6. The lowest BCUT2D eigenvalue weighted by Crippen LogP contribution is -2.41. The Bertz CT molecular complexity index is 1030. The number of ketones is 1. The van der Waals surface area contributed by atoms with E-state index in [2.05, 4.69) is 19.2 Å². The topological polar surface area (TPSA) is 84.9 Å². The molecule has 1 saturated heterocycles. The molecule has 4 rings (SSSR count). The number of rotatable bonds is 5. The van der Waals surface area contributed by atoms with Gasteiger partial charge in [-0.3, -0.25) is 14.5 Å². The number of ether oxygens (including phenoxy) is 2. The summed E-state index contributed by atoms with van der Waals surface area (Å²) in [6.07, 6.45) is 0.761. The Morgan fingerprint density at radius 3 is 2.42 bits per heavy atom. The van der Waals surface area contributed by atoms with Gasteiger partial charge in [0.05, 0.1) is 19.8 Å². The minimum absolute atomic E-state index is 0.343. The van der Waals surface area contributed by atoms with Crippen LogP contribution in [0, 0.1) is 0 Å². The molecule has 31 heavy (non-hydrogen) atoms. The number of fused-ring (bicyclic) bond motifs is 1. The lowest BCUT2D eigenvalue weighted by atomic mass is 9.90. The first-order valence-electron chi connectivity index (χ1n) is 10.5. The molecule has 2 heterocycles. The highest BCUT2D eigenvalue weighted by Gasteiger charge is 2.49. The van der Waals surface area contributed by atoms with Crippen LogP contribution >= 0.6 is 0 Å². The maximum Gasteiger partial charge on any atom is 0.325 e. The Morgan fingerprint density at radius 1 is 1.06 bits per heavy atom. The van der Waals surface area contributed by atoms with Gasteiger partial charge in [0.1, 0.15) is 5.54 Å². The molecule has 7 nitrogen and oxygen atoms in total. The van der Waals surface area contributed by atoms with Crippen molar-refractivity contribution in [2.24, 2.45) is 0 Å². The third-order valence-corrected chi connectivity index (χ3v) is 5.80. The number of nitrogens with one attached hydrogen (secondary N) is 1. The monoisotopic (exact) mass is 422 g/mol. The average Bonchev–Trinajstić information content (AvgIpc) is 2.93. The second-order valence-corrected chi connectivity index (χ2v) is 8.36. The zero-order chi connectivity index (χ0) is 22.2. The Kier molecular flexibility index (Phi) is 5.43. The summed E-state index contributed by atoms with van der Waals surface area (Å²) in [7, 11) is 0. The van der Waals surface area contributed by atoms with Crippen LogP contribution in [0.25, 0.3) is 0 Å². The molecule has 1 fully saturated rings. The summed E-state index contributed by atoms with van der Waals surface area (Å²) in [6.45, 7) is 6.56. The summed E-state index contributed by atoms with van der Waals surface area (Å²) in [6, 6.07) is 11.9. The van der Waals surface area contributed by atoms with Crippen molar-refractivity contribution >= 4 is 17.7 Å². The first-order valence-corrected chi connectivity index (χ1v) is 10.5. The molecule has 0 aliphatic carbocycles. The van der Waals surface area contributed by atoms with E-state index in [1.165, 1.54) is 0 Å². The van der Waals surface area contributed by atoms with Crippen molar-refractivity contribution in [3.63, 3.8) is 0 Å². The van der Waals surface area contributed by atoms with Crippen LogP contribution in [0.2, 0.25) is 0 Å². The number of carbonyl (C=O) groups is 3. The summed E-state index contributed by atoms with van der Waals surface area (Å²) in [5, 5.41) is 2.75. The molecule has 0 radical (unpaired) electrons. The van der Waals surface area contributed by atoms with E-state index in [0.29, 0.717) is 41.8 Å². The highest BCUT2D eigenvalue weighted by molar-refractivity contribution is 6.11. The number of hydrogen-bond donors (Lipinski definition) is 1. The highest BCUT2D eigenvalue weighted by atomic mass is 16.5. The Labute approximate surface area is 181 Å². The first-order chi connectivity index (χ1) is 14.8. The summed E-state index contributed by atoms with van der Waals surface area (Å²) in [5.74, 6) is 0.647. The minimum Gasteiger partial charge on any atom is -0.490 e. The molecule has 2 aliphatic heterocycles. The summed E-state index contributed by atoms with van der Waals surface area (Å²) >= 11 is 0. The van der Waals surface area contributed by atoms with Gasteiger partial charge in [-0.25, -0.2) is 4.79 Å². The molecular weight excluding hydrogens is 396 g/mol. The maximum atomic E-state index is 13.1. The predicted octanol–water partition coefficient (Wildman–Crippen LogP) is 3.62. The van der Waals surface area contributed by atoms with Crippen molar-refractivity contribution in [3.8, 4) is 11.5 Å². The molecule has 1 atom stereocenters. The van der Waals surface area contributed by atoms with Crippen LogP contribution in [-0.4, -0.2) is 42.4 Å². The lowest BCUT2D eigenvalue weighted by Gasteiger charge is -2.22. The molecule has 2 aromatic rings. The molecular formula is C24H26N2O5. The van der Waals surface area contributed by atoms with E-state index in [4.69, 9.17) is 9.47 Å². The van der Waals surface area contributed by atoms with E-state index in [1.807, 2.05) is 24.3 Å². The van der Waals surface area contributed by atoms with Gasteiger partial charge in [-0.2, -0.15) is 0 Å². The standard InChI is InChI=1S/C24H26N2O5/c1-15(2)16-5-8-18(9-6-16)24(3)22(28)26(23(29)25-24)14-19(27)17-7-10-20-21(13-17)31-12-4-11-30-20/h5-10,13,15H,4,11-12,14H2,1-3H3,(H,25,29)/t24-/m0/s1. The van der Waals surface area contributed by atoms with Crippen LogP contribution in [0.5, 0.6) is 11.5 Å². The van der Waals surface area contributed by atoms with Gasteiger partial charge in [-0.05, 0) is 42.2 Å². The average molecular weight is 422 g/mol. The van der Waals surface area contributed by atoms with Gasteiger partial charge in [0.25, 0.3) is 5.91 Å². The largest absolute Gasteiger partial charge is 0.490 e. The van der Waals surface area contributed by atoms with E-state index in [0.717, 1.165) is 16.9 Å². The fraction of sp³-hybridized carbons (Fsp3) is 0.375. The lowest BCUT2D eigenvalue weighted by molar-refractivity contribution is -0.130. The molecule has 0 bridgehead atoms. The maximum absolute atomic E-state index is 13.1. The highest BCUT2D eigenvalue weighted by Crippen LogP contribution is 2.32. The van der Waals surface area contributed by atoms with Gasteiger partial charge in [-0.1, -0.05) is 38.1 Å². The van der Waals surface area contributed by atoms with Crippen LogP contribution in [0.1, 0.15) is 54.6 Å². The number of urea groups is 1. The number of hydrogen-bond acceptors (Lipinski definition) is 5. The van der Waals surface area contributed by atoms with Gasteiger partial charge in [0.2, 0.25) is 0 Å². The zero-order valence-electron chi connectivity index (χ0n) is 17.9. The third kappa shape index (κ3) is 3.87.